The van der Waals surface area contributed by atoms with Gasteiger partial charge in [0.2, 0.25) is 5.91 Å². The minimum absolute atomic E-state index is 0.0760. The SMILES string of the molecule is N#C[C@@H]1CSCN1C(=O)CNC1CCCCC1. The third kappa shape index (κ3) is 3.36. The Morgan fingerprint density at radius 1 is 1.41 bits per heavy atom. The molecule has 2 rings (SSSR count). The molecule has 1 amide bonds. The molecule has 0 bridgehead atoms. The van der Waals surface area contributed by atoms with E-state index in [1.165, 1.54) is 32.1 Å². The molecule has 0 unspecified atom stereocenters. The van der Waals surface area contributed by atoms with Gasteiger partial charge in [0.15, 0.2) is 0 Å². The van der Waals surface area contributed by atoms with Crippen molar-refractivity contribution in [1.29, 1.82) is 5.26 Å². The highest BCUT2D eigenvalue weighted by Gasteiger charge is 2.29. The number of amides is 1. The van der Waals surface area contributed by atoms with E-state index in [-0.39, 0.29) is 11.9 Å². The molecule has 1 N–H and O–H groups in total. The highest BCUT2D eigenvalue weighted by atomic mass is 32.2. The molecule has 5 heteroatoms. The highest BCUT2D eigenvalue weighted by Crippen LogP contribution is 2.20. The van der Waals surface area contributed by atoms with E-state index in [0.29, 0.717) is 18.5 Å². The van der Waals surface area contributed by atoms with Crippen LogP contribution in [0.2, 0.25) is 0 Å². The smallest absolute Gasteiger partial charge is 0.238 e. The fraction of sp³-hybridized carbons (Fsp3) is 0.833. The van der Waals surface area contributed by atoms with E-state index in [4.69, 9.17) is 5.26 Å². The number of carbonyl (C=O) groups is 1. The van der Waals surface area contributed by atoms with E-state index >= 15 is 0 Å². The largest absolute Gasteiger partial charge is 0.315 e. The predicted octanol–water partition coefficient (Wildman–Crippen LogP) is 1.33. The van der Waals surface area contributed by atoms with Crippen LogP contribution in [0.25, 0.3) is 0 Å². The standard InChI is InChI=1S/C12H19N3OS/c13-6-11-8-17-9-15(11)12(16)7-14-10-4-2-1-3-5-10/h10-11,14H,1-5,7-9H2/t11-/m1/s1. The first-order valence-electron chi connectivity index (χ1n) is 6.31. The van der Waals surface area contributed by atoms with Crippen molar-refractivity contribution in [3.8, 4) is 6.07 Å². The second-order valence-electron chi connectivity index (χ2n) is 4.72. The summed E-state index contributed by atoms with van der Waals surface area (Å²) in [6.45, 7) is 0.392. The Labute approximate surface area is 107 Å². The Kier molecular flexibility index (Phi) is 4.69. The average molecular weight is 253 g/mol. The first-order chi connectivity index (χ1) is 8.31. The van der Waals surface area contributed by atoms with Crippen LogP contribution in [0.4, 0.5) is 0 Å². The lowest BCUT2D eigenvalue weighted by molar-refractivity contribution is -0.129. The van der Waals surface area contributed by atoms with Crippen LogP contribution in [0, 0.1) is 11.3 Å². The van der Waals surface area contributed by atoms with Crippen LogP contribution < -0.4 is 5.32 Å². The molecular formula is C12H19N3OS. The minimum atomic E-state index is -0.222. The maximum Gasteiger partial charge on any atom is 0.238 e. The summed E-state index contributed by atoms with van der Waals surface area (Å²) in [5, 5.41) is 12.3. The average Bonchev–Trinajstić information content (AvgIpc) is 2.85. The molecule has 1 aliphatic heterocycles. The highest BCUT2D eigenvalue weighted by molar-refractivity contribution is 7.99. The molecule has 17 heavy (non-hydrogen) atoms. The number of nitrogens with zero attached hydrogens (tertiary/aromatic N) is 2. The molecule has 1 aliphatic carbocycles. The van der Waals surface area contributed by atoms with Crippen LogP contribution in [0.5, 0.6) is 0 Å². The minimum Gasteiger partial charge on any atom is -0.315 e. The molecule has 1 saturated heterocycles. The van der Waals surface area contributed by atoms with Gasteiger partial charge >= 0.3 is 0 Å². The number of nitrogens with one attached hydrogen (secondary N) is 1. The molecule has 0 aromatic rings. The molecule has 4 nitrogen and oxygen atoms in total. The van der Waals surface area contributed by atoms with Gasteiger partial charge in [-0.15, -0.1) is 11.8 Å². The lowest BCUT2D eigenvalue weighted by Crippen LogP contribution is -2.44. The molecule has 0 aromatic heterocycles. The van der Waals surface area contributed by atoms with Gasteiger partial charge in [-0.2, -0.15) is 5.26 Å². The maximum absolute atomic E-state index is 12.0. The molecule has 2 fully saturated rings. The summed E-state index contributed by atoms with van der Waals surface area (Å²) in [5.74, 6) is 1.50. The molecule has 1 saturated carbocycles. The Balaban J connectivity index is 1.75. The number of hydrogen-bond donors (Lipinski definition) is 1. The van der Waals surface area contributed by atoms with Crippen LogP contribution >= 0.6 is 11.8 Å². The van der Waals surface area contributed by atoms with Gasteiger partial charge < -0.3 is 10.2 Å². The van der Waals surface area contributed by atoms with Crippen LogP contribution in [-0.2, 0) is 4.79 Å². The zero-order chi connectivity index (χ0) is 12.1. The van der Waals surface area contributed by atoms with Crippen molar-refractivity contribution in [3.63, 3.8) is 0 Å². The number of carbonyl (C=O) groups excluding carboxylic acids is 1. The summed E-state index contributed by atoms with van der Waals surface area (Å²) < 4.78 is 0. The van der Waals surface area contributed by atoms with E-state index < -0.39 is 0 Å². The summed E-state index contributed by atoms with van der Waals surface area (Å²) in [5.41, 5.74) is 0. The van der Waals surface area contributed by atoms with Crippen molar-refractivity contribution in [2.75, 3.05) is 18.2 Å². The van der Waals surface area contributed by atoms with Gasteiger partial charge in [-0.05, 0) is 12.8 Å². The van der Waals surface area contributed by atoms with E-state index in [0.717, 1.165) is 5.75 Å². The van der Waals surface area contributed by atoms with Crippen molar-refractivity contribution in [2.24, 2.45) is 0 Å². The zero-order valence-corrected chi connectivity index (χ0v) is 10.8. The van der Waals surface area contributed by atoms with E-state index in [1.54, 1.807) is 16.7 Å². The van der Waals surface area contributed by atoms with Crippen molar-refractivity contribution >= 4 is 17.7 Å². The van der Waals surface area contributed by atoms with Crippen LogP contribution in [0.15, 0.2) is 0 Å². The molecule has 1 heterocycles. The van der Waals surface area contributed by atoms with Gasteiger partial charge in [0.25, 0.3) is 0 Å². The molecule has 94 valence electrons. The maximum atomic E-state index is 12.0. The molecule has 0 spiro atoms. The van der Waals surface area contributed by atoms with Gasteiger partial charge in [0, 0.05) is 11.8 Å². The molecule has 0 aromatic carbocycles. The van der Waals surface area contributed by atoms with Gasteiger partial charge in [-0.3, -0.25) is 4.79 Å². The summed E-state index contributed by atoms with van der Waals surface area (Å²) in [6, 6.07) is 2.47. The number of rotatable bonds is 3. The van der Waals surface area contributed by atoms with Crippen LogP contribution in [0.3, 0.4) is 0 Å². The van der Waals surface area contributed by atoms with Crippen molar-refractivity contribution in [3.05, 3.63) is 0 Å². The Hall–Kier alpha value is -0.730. The van der Waals surface area contributed by atoms with Crippen LogP contribution in [0.1, 0.15) is 32.1 Å². The topological polar surface area (TPSA) is 56.1 Å². The van der Waals surface area contributed by atoms with E-state index in [2.05, 4.69) is 11.4 Å². The fourth-order valence-electron chi connectivity index (χ4n) is 2.44. The van der Waals surface area contributed by atoms with Crippen molar-refractivity contribution < 1.29 is 4.79 Å². The Morgan fingerprint density at radius 3 is 2.88 bits per heavy atom. The molecular weight excluding hydrogens is 234 g/mol. The quantitative estimate of drug-likeness (QED) is 0.824. The van der Waals surface area contributed by atoms with Gasteiger partial charge in [0.1, 0.15) is 6.04 Å². The Bertz CT molecular complexity index is 309. The fourth-order valence-corrected chi connectivity index (χ4v) is 3.54. The molecule has 1 atom stereocenters. The van der Waals surface area contributed by atoms with Gasteiger partial charge in [-0.1, -0.05) is 19.3 Å². The molecule has 0 radical (unpaired) electrons. The van der Waals surface area contributed by atoms with Crippen LogP contribution in [-0.4, -0.2) is 41.1 Å². The van der Waals surface area contributed by atoms with Gasteiger partial charge in [-0.25, -0.2) is 0 Å². The molecule has 2 aliphatic rings. The van der Waals surface area contributed by atoms with E-state index in [9.17, 15) is 4.79 Å². The zero-order valence-electron chi connectivity index (χ0n) is 10.0. The monoisotopic (exact) mass is 253 g/mol. The van der Waals surface area contributed by atoms with Gasteiger partial charge in [0.05, 0.1) is 18.5 Å². The predicted molar refractivity (Wildman–Crippen MR) is 68.4 cm³/mol. The summed E-state index contributed by atoms with van der Waals surface area (Å²) in [6.07, 6.45) is 6.23. The van der Waals surface area contributed by atoms with E-state index in [1.807, 2.05) is 0 Å². The first kappa shape index (κ1) is 12.7. The number of hydrogen-bond acceptors (Lipinski definition) is 4. The third-order valence-corrected chi connectivity index (χ3v) is 4.51. The summed E-state index contributed by atoms with van der Waals surface area (Å²) >= 11 is 1.66. The lowest BCUT2D eigenvalue weighted by Gasteiger charge is -2.24. The normalized spacial score (nSPS) is 25.8. The Morgan fingerprint density at radius 2 is 2.18 bits per heavy atom. The second kappa shape index (κ2) is 6.27. The van der Waals surface area contributed by atoms with Crippen molar-refractivity contribution in [1.82, 2.24) is 10.2 Å². The summed E-state index contributed by atoms with van der Waals surface area (Å²) in [7, 11) is 0. The first-order valence-corrected chi connectivity index (χ1v) is 7.47. The third-order valence-electron chi connectivity index (χ3n) is 3.50. The lowest BCUT2D eigenvalue weighted by atomic mass is 9.95. The number of thioether (sulfide) groups is 1. The second-order valence-corrected chi connectivity index (χ2v) is 5.72. The number of nitriles is 1. The summed E-state index contributed by atoms with van der Waals surface area (Å²) in [4.78, 5) is 13.7. The van der Waals surface area contributed by atoms with Crippen molar-refractivity contribution in [2.45, 2.75) is 44.2 Å².